The number of hydrogen-bond donors (Lipinski definition) is 0. The molecule has 5 heteroatoms. The van der Waals surface area contributed by atoms with Crippen LogP contribution < -0.4 is 4.74 Å². The minimum atomic E-state index is -0.641. The molecule has 0 bridgehead atoms. The fourth-order valence-corrected chi connectivity index (χ4v) is 3.42. The number of aryl methyl sites for hydroxylation is 1. The third kappa shape index (κ3) is 4.35. The third-order valence-electron chi connectivity index (χ3n) is 4.47. The van der Waals surface area contributed by atoms with Crippen molar-refractivity contribution in [1.82, 2.24) is 4.98 Å². The number of nitrogens with zero attached hydrogens (tertiary/aromatic N) is 1. The van der Waals surface area contributed by atoms with Gasteiger partial charge in [-0.15, -0.1) is 0 Å². The molecule has 0 radical (unpaired) electrons. The van der Waals surface area contributed by atoms with Gasteiger partial charge in [0.25, 0.3) is 0 Å². The summed E-state index contributed by atoms with van der Waals surface area (Å²) in [4.78, 5) is 4.60. The van der Waals surface area contributed by atoms with E-state index in [1.54, 1.807) is 6.07 Å². The van der Waals surface area contributed by atoms with E-state index in [0.717, 1.165) is 21.7 Å². The summed E-state index contributed by atoms with van der Waals surface area (Å²) in [5.41, 5.74) is 3.27. The highest BCUT2D eigenvalue weighted by atomic mass is 79.9. The highest BCUT2D eigenvalue weighted by Gasteiger charge is 2.11. The Kier molecular flexibility index (Phi) is 5.41. The Labute approximate surface area is 175 Å². The minimum Gasteiger partial charge on any atom is -0.457 e. The predicted octanol–water partition coefficient (Wildman–Crippen LogP) is 7.56. The van der Waals surface area contributed by atoms with E-state index in [-0.39, 0.29) is 5.56 Å². The van der Waals surface area contributed by atoms with Crippen molar-refractivity contribution in [3.05, 3.63) is 101 Å². The summed E-state index contributed by atoms with van der Waals surface area (Å²) in [6.45, 7) is 1.98. The van der Waals surface area contributed by atoms with Gasteiger partial charge in [0.05, 0.1) is 11.4 Å². The Hall–Kier alpha value is -3.05. The van der Waals surface area contributed by atoms with E-state index in [0.29, 0.717) is 22.9 Å². The number of aromatic nitrogens is 1. The molecule has 0 amide bonds. The molecular formula is C24H16BrF2NO. The summed E-state index contributed by atoms with van der Waals surface area (Å²) in [6, 6.07) is 22.2. The fourth-order valence-electron chi connectivity index (χ4n) is 3.04. The molecule has 0 N–H and O–H groups in total. The van der Waals surface area contributed by atoms with Crippen LogP contribution in [-0.2, 0) is 0 Å². The van der Waals surface area contributed by atoms with E-state index in [4.69, 9.17) is 4.74 Å². The molecule has 0 atom stereocenters. The van der Waals surface area contributed by atoms with Gasteiger partial charge in [0.1, 0.15) is 23.1 Å². The summed E-state index contributed by atoms with van der Waals surface area (Å²) in [6.07, 6.45) is 0. The Morgan fingerprint density at radius 1 is 0.759 bits per heavy atom. The van der Waals surface area contributed by atoms with Crippen LogP contribution >= 0.6 is 15.9 Å². The quantitative estimate of drug-likeness (QED) is 0.319. The van der Waals surface area contributed by atoms with Crippen molar-refractivity contribution in [2.45, 2.75) is 6.92 Å². The van der Waals surface area contributed by atoms with Crippen LogP contribution in [0.3, 0.4) is 0 Å². The lowest BCUT2D eigenvalue weighted by molar-refractivity contribution is 0.482. The van der Waals surface area contributed by atoms with Crippen molar-refractivity contribution < 1.29 is 13.5 Å². The summed E-state index contributed by atoms with van der Waals surface area (Å²) in [5, 5.41) is 0. The van der Waals surface area contributed by atoms with Gasteiger partial charge in [-0.25, -0.2) is 13.8 Å². The van der Waals surface area contributed by atoms with Gasteiger partial charge in [-0.1, -0.05) is 34.1 Å². The van der Waals surface area contributed by atoms with Crippen LogP contribution in [-0.4, -0.2) is 4.98 Å². The normalized spacial score (nSPS) is 10.8. The molecule has 0 saturated carbocycles. The van der Waals surface area contributed by atoms with Gasteiger partial charge in [-0.3, -0.25) is 0 Å². The molecule has 0 aliphatic carbocycles. The van der Waals surface area contributed by atoms with Crippen LogP contribution in [0.1, 0.15) is 5.56 Å². The molecule has 0 aliphatic rings. The van der Waals surface area contributed by atoms with Crippen molar-refractivity contribution >= 4 is 15.9 Å². The molecule has 144 valence electrons. The first-order valence-corrected chi connectivity index (χ1v) is 9.76. The van der Waals surface area contributed by atoms with Crippen LogP contribution in [0.5, 0.6) is 11.5 Å². The zero-order chi connectivity index (χ0) is 20.4. The van der Waals surface area contributed by atoms with Gasteiger partial charge in [0, 0.05) is 21.7 Å². The average molecular weight is 452 g/mol. The lowest BCUT2D eigenvalue weighted by atomic mass is 10.0. The zero-order valence-electron chi connectivity index (χ0n) is 15.5. The number of halogens is 3. The number of ether oxygens (including phenoxy) is 1. The Bertz CT molecular complexity index is 1190. The number of hydrogen-bond acceptors (Lipinski definition) is 2. The second-order valence-electron chi connectivity index (χ2n) is 6.57. The van der Waals surface area contributed by atoms with Gasteiger partial charge in [0.2, 0.25) is 0 Å². The minimum absolute atomic E-state index is 0.257. The maximum atomic E-state index is 14.2. The second kappa shape index (κ2) is 8.13. The molecule has 0 saturated heterocycles. The monoisotopic (exact) mass is 451 g/mol. The molecule has 4 aromatic rings. The first kappa shape index (κ1) is 19.3. The van der Waals surface area contributed by atoms with E-state index in [1.807, 2.05) is 61.5 Å². The first-order valence-electron chi connectivity index (χ1n) is 8.96. The van der Waals surface area contributed by atoms with Crippen LogP contribution in [0.2, 0.25) is 0 Å². The van der Waals surface area contributed by atoms with Gasteiger partial charge in [0.15, 0.2) is 0 Å². The van der Waals surface area contributed by atoms with Gasteiger partial charge in [-0.2, -0.15) is 0 Å². The zero-order valence-corrected chi connectivity index (χ0v) is 17.1. The molecular weight excluding hydrogens is 436 g/mol. The largest absolute Gasteiger partial charge is 0.457 e. The lowest BCUT2D eigenvalue weighted by Crippen LogP contribution is -1.94. The molecule has 3 aromatic carbocycles. The van der Waals surface area contributed by atoms with E-state index >= 15 is 0 Å². The van der Waals surface area contributed by atoms with Crippen molar-refractivity contribution in [3.8, 4) is 34.0 Å². The average Bonchev–Trinajstić information content (AvgIpc) is 2.69. The molecule has 0 fully saturated rings. The van der Waals surface area contributed by atoms with E-state index in [2.05, 4.69) is 20.9 Å². The van der Waals surface area contributed by atoms with Gasteiger partial charge in [-0.05, 0) is 67.1 Å². The molecule has 0 unspecified atom stereocenters. The Morgan fingerprint density at radius 3 is 2.24 bits per heavy atom. The summed E-state index contributed by atoms with van der Waals surface area (Å²) >= 11 is 3.43. The number of pyridine rings is 1. The second-order valence-corrected chi connectivity index (χ2v) is 7.48. The van der Waals surface area contributed by atoms with E-state index in [1.165, 1.54) is 12.1 Å². The third-order valence-corrected chi connectivity index (χ3v) is 4.97. The molecule has 0 spiro atoms. The Morgan fingerprint density at radius 2 is 1.48 bits per heavy atom. The van der Waals surface area contributed by atoms with Crippen LogP contribution in [0.15, 0.2) is 83.3 Å². The summed E-state index contributed by atoms with van der Waals surface area (Å²) in [5.74, 6) is 0.127. The van der Waals surface area contributed by atoms with Gasteiger partial charge >= 0.3 is 0 Å². The van der Waals surface area contributed by atoms with E-state index in [9.17, 15) is 8.78 Å². The molecule has 0 aliphatic heterocycles. The van der Waals surface area contributed by atoms with Crippen LogP contribution in [0.4, 0.5) is 8.78 Å². The maximum Gasteiger partial charge on any atom is 0.135 e. The molecule has 4 rings (SSSR count). The highest BCUT2D eigenvalue weighted by Crippen LogP contribution is 2.32. The van der Waals surface area contributed by atoms with Crippen molar-refractivity contribution in [3.63, 3.8) is 0 Å². The van der Waals surface area contributed by atoms with Gasteiger partial charge < -0.3 is 4.74 Å². The predicted molar refractivity (Wildman–Crippen MR) is 114 cm³/mol. The maximum absolute atomic E-state index is 14.2. The van der Waals surface area contributed by atoms with Crippen LogP contribution in [0, 0.1) is 18.6 Å². The topological polar surface area (TPSA) is 22.1 Å². The molecule has 1 heterocycles. The van der Waals surface area contributed by atoms with E-state index < -0.39 is 11.6 Å². The highest BCUT2D eigenvalue weighted by molar-refractivity contribution is 9.10. The van der Waals surface area contributed by atoms with Crippen molar-refractivity contribution in [2.75, 3.05) is 0 Å². The smallest absolute Gasteiger partial charge is 0.135 e. The first-order chi connectivity index (χ1) is 14.0. The Balaban J connectivity index is 1.71. The van der Waals surface area contributed by atoms with Crippen LogP contribution in [0.25, 0.3) is 22.5 Å². The SMILES string of the molecule is Cc1ccc(Oc2cccc(Br)c2)cc1-c1cccc(-c2ccc(F)cc2F)n1. The fraction of sp³-hybridized carbons (Fsp3) is 0.0417. The molecule has 1 aromatic heterocycles. The number of rotatable bonds is 4. The molecule has 29 heavy (non-hydrogen) atoms. The molecule has 2 nitrogen and oxygen atoms in total. The van der Waals surface area contributed by atoms with Crippen molar-refractivity contribution in [1.29, 1.82) is 0 Å². The number of benzene rings is 3. The van der Waals surface area contributed by atoms with Crippen molar-refractivity contribution in [2.24, 2.45) is 0 Å². The standard InChI is InChI=1S/C24H16BrF2NO/c1-15-8-10-19(29-18-5-2-4-16(25)12-18)14-21(15)24-7-3-6-23(28-24)20-11-9-17(26)13-22(20)27/h2-14H,1H3. The summed E-state index contributed by atoms with van der Waals surface area (Å²) in [7, 11) is 0. The lowest BCUT2D eigenvalue weighted by Gasteiger charge is -2.12. The summed E-state index contributed by atoms with van der Waals surface area (Å²) < 4.78 is 34.3.